The molecule has 21 heavy (non-hydrogen) atoms. The monoisotopic (exact) mass is 283 g/mol. The van der Waals surface area contributed by atoms with Crippen LogP contribution < -0.4 is 0 Å². The Balaban J connectivity index is 1.96. The molecule has 0 saturated carbocycles. The van der Waals surface area contributed by atoms with Crippen LogP contribution in [0.2, 0.25) is 0 Å². The normalized spacial score (nSPS) is 11.9. The first-order valence-electron chi connectivity index (χ1n) is 7.20. The van der Waals surface area contributed by atoms with Gasteiger partial charge in [0.2, 0.25) is 0 Å². The fraction of sp³-hybridized carbons (Fsp3) is 0.278. The van der Waals surface area contributed by atoms with Gasteiger partial charge in [0.25, 0.3) is 0 Å². The van der Waals surface area contributed by atoms with Crippen molar-refractivity contribution < 1.29 is 9.84 Å². The van der Waals surface area contributed by atoms with E-state index in [4.69, 9.17) is 10.1 Å². The lowest BCUT2D eigenvalue weighted by Crippen LogP contribution is -2.15. The molecule has 0 spiro atoms. The number of hydrogen-bond donors (Lipinski definition) is 2. The number of aliphatic hydroxyl groups is 1. The smallest absolute Gasteiger partial charge is 0.185 e. The Kier molecular flexibility index (Phi) is 5.52. The van der Waals surface area contributed by atoms with Crippen LogP contribution in [0.4, 0.5) is 0 Å². The van der Waals surface area contributed by atoms with Gasteiger partial charge in [0, 0.05) is 6.42 Å². The van der Waals surface area contributed by atoms with Crippen molar-refractivity contribution in [2.75, 3.05) is 6.61 Å². The summed E-state index contributed by atoms with van der Waals surface area (Å²) in [4.78, 5) is 0. The van der Waals surface area contributed by atoms with Crippen LogP contribution in [0.5, 0.6) is 0 Å². The van der Waals surface area contributed by atoms with Crippen molar-refractivity contribution in [1.29, 1.82) is 5.41 Å². The molecule has 0 radical (unpaired) electrons. The molecule has 3 nitrogen and oxygen atoms in total. The molecule has 0 aliphatic heterocycles. The molecular weight excluding hydrogens is 262 g/mol. The molecular formula is C18H21NO2. The van der Waals surface area contributed by atoms with Crippen molar-refractivity contribution in [2.45, 2.75) is 25.9 Å². The highest BCUT2D eigenvalue weighted by atomic mass is 16.5. The molecule has 0 fully saturated rings. The summed E-state index contributed by atoms with van der Waals surface area (Å²) in [5.74, 6) is 0.169. The van der Waals surface area contributed by atoms with E-state index in [0.29, 0.717) is 6.42 Å². The molecule has 1 unspecified atom stereocenters. The van der Waals surface area contributed by atoms with Gasteiger partial charge >= 0.3 is 0 Å². The molecule has 2 N–H and O–H groups in total. The Bertz CT molecular complexity index is 564. The summed E-state index contributed by atoms with van der Waals surface area (Å²) in [6, 6.07) is 17.7. The van der Waals surface area contributed by atoms with Gasteiger partial charge in [-0.15, -0.1) is 0 Å². The van der Waals surface area contributed by atoms with E-state index < -0.39 is 6.10 Å². The molecule has 2 rings (SSSR count). The van der Waals surface area contributed by atoms with E-state index in [-0.39, 0.29) is 12.5 Å². The number of nitrogens with one attached hydrogen (secondary N) is 1. The predicted octanol–water partition coefficient (Wildman–Crippen LogP) is 3.52. The molecule has 2 aromatic carbocycles. The molecule has 0 amide bonds. The summed E-state index contributed by atoms with van der Waals surface area (Å²) < 4.78 is 5.58. The van der Waals surface area contributed by atoms with Gasteiger partial charge < -0.3 is 9.84 Å². The summed E-state index contributed by atoms with van der Waals surface area (Å²) in [7, 11) is 0. The van der Waals surface area contributed by atoms with Crippen LogP contribution >= 0.6 is 0 Å². The highest BCUT2D eigenvalue weighted by molar-refractivity contribution is 5.75. The zero-order valence-electron chi connectivity index (χ0n) is 12.3. The summed E-state index contributed by atoms with van der Waals surface area (Å²) in [5, 5.41) is 17.4. The first-order chi connectivity index (χ1) is 10.2. The maximum atomic E-state index is 9.44. The maximum Gasteiger partial charge on any atom is 0.185 e. The van der Waals surface area contributed by atoms with Gasteiger partial charge in [-0.1, -0.05) is 61.5 Å². The summed E-state index contributed by atoms with van der Waals surface area (Å²) in [6.07, 6.45) is 0.968. The van der Waals surface area contributed by atoms with E-state index >= 15 is 0 Å². The van der Waals surface area contributed by atoms with Crippen molar-refractivity contribution >= 4 is 5.90 Å². The fourth-order valence-corrected chi connectivity index (χ4v) is 2.17. The quantitative estimate of drug-likeness (QED) is 0.629. The van der Waals surface area contributed by atoms with Gasteiger partial charge in [0.05, 0.1) is 6.61 Å². The van der Waals surface area contributed by atoms with E-state index in [2.05, 4.69) is 19.1 Å². The van der Waals surface area contributed by atoms with Crippen molar-refractivity contribution in [3.8, 4) is 0 Å². The van der Waals surface area contributed by atoms with E-state index in [1.54, 1.807) is 0 Å². The minimum absolute atomic E-state index is 0.138. The van der Waals surface area contributed by atoms with Crippen molar-refractivity contribution in [1.82, 2.24) is 0 Å². The number of aryl methyl sites for hydroxylation is 1. The molecule has 2 aromatic rings. The topological polar surface area (TPSA) is 53.3 Å². The fourth-order valence-electron chi connectivity index (χ4n) is 2.17. The highest BCUT2D eigenvalue weighted by Gasteiger charge is 2.13. The lowest BCUT2D eigenvalue weighted by Gasteiger charge is -2.17. The zero-order chi connectivity index (χ0) is 15.1. The Morgan fingerprint density at radius 1 is 1.05 bits per heavy atom. The van der Waals surface area contributed by atoms with E-state index in [0.717, 1.165) is 17.5 Å². The Labute approximate surface area is 125 Å². The van der Waals surface area contributed by atoms with Crippen LogP contribution in [0.1, 0.15) is 29.7 Å². The highest BCUT2D eigenvalue weighted by Crippen LogP contribution is 2.17. The SMILES string of the molecule is CCc1ccc(CC(=N)OC(CO)c2ccccc2)cc1. The van der Waals surface area contributed by atoms with Crippen molar-refractivity contribution in [3.63, 3.8) is 0 Å². The first-order valence-corrected chi connectivity index (χ1v) is 7.20. The van der Waals surface area contributed by atoms with Gasteiger partial charge in [-0.3, -0.25) is 5.41 Å². The largest absolute Gasteiger partial charge is 0.470 e. The summed E-state index contributed by atoms with van der Waals surface area (Å²) in [5.41, 5.74) is 3.21. The van der Waals surface area contributed by atoms with Crippen molar-refractivity contribution in [2.24, 2.45) is 0 Å². The number of hydrogen-bond acceptors (Lipinski definition) is 3. The van der Waals surface area contributed by atoms with Crippen LogP contribution in [0.3, 0.4) is 0 Å². The van der Waals surface area contributed by atoms with E-state index in [1.807, 2.05) is 42.5 Å². The Morgan fingerprint density at radius 3 is 2.24 bits per heavy atom. The molecule has 110 valence electrons. The third-order valence-corrected chi connectivity index (χ3v) is 3.42. The number of rotatable bonds is 6. The second-order valence-corrected chi connectivity index (χ2v) is 4.97. The van der Waals surface area contributed by atoms with Crippen LogP contribution in [0.25, 0.3) is 0 Å². The molecule has 3 heteroatoms. The molecule has 0 heterocycles. The standard InChI is InChI=1S/C18H21NO2/c1-2-14-8-10-15(11-9-14)12-18(19)21-17(13-20)16-6-4-3-5-7-16/h3-11,17,19-20H,2,12-13H2,1H3. The van der Waals surface area contributed by atoms with Crippen molar-refractivity contribution in [3.05, 3.63) is 71.3 Å². The zero-order valence-corrected chi connectivity index (χ0v) is 12.3. The molecule has 0 aliphatic carbocycles. The van der Waals surface area contributed by atoms with Gasteiger partial charge in [-0.05, 0) is 23.1 Å². The predicted molar refractivity (Wildman–Crippen MR) is 84.6 cm³/mol. The van der Waals surface area contributed by atoms with Gasteiger partial charge in [-0.25, -0.2) is 0 Å². The third kappa shape index (κ3) is 4.43. The van der Waals surface area contributed by atoms with E-state index in [9.17, 15) is 5.11 Å². The van der Waals surface area contributed by atoms with Gasteiger partial charge in [-0.2, -0.15) is 0 Å². The first kappa shape index (κ1) is 15.3. The van der Waals surface area contributed by atoms with Gasteiger partial charge in [0.1, 0.15) is 6.10 Å². The maximum absolute atomic E-state index is 9.44. The lowest BCUT2D eigenvalue weighted by molar-refractivity contribution is 0.103. The molecule has 1 atom stereocenters. The van der Waals surface area contributed by atoms with Gasteiger partial charge in [0.15, 0.2) is 5.90 Å². The van der Waals surface area contributed by atoms with Crippen LogP contribution in [-0.4, -0.2) is 17.6 Å². The number of aliphatic hydroxyl groups excluding tert-OH is 1. The lowest BCUT2D eigenvalue weighted by atomic mass is 10.1. The molecule has 0 aromatic heterocycles. The molecule has 0 aliphatic rings. The van der Waals surface area contributed by atoms with Crippen LogP contribution in [0, 0.1) is 5.41 Å². The summed E-state index contributed by atoms with van der Waals surface area (Å²) in [6.45, 7) is 1.98. The third-order valence-electron chi connectivity index (χ3n) is 3.42. The Hall–Kier alpha value is -2.13. The second kappa shape index (κ2) is 7.60. The van der Waals surface area contributed by atoms with E-state index in [1.165, 1.54) is 5.56 Å². The second-order valence-electron chi connectivity index (χ2n) is 4.97. The molecule has 0 bridgehead atoms. The average Bonchev–Trinajstić information content (AvgIpc) is 2.54. The number of benzene rings is 2. The molecule has 0 saturated heterocycles. The minimum atomic E-state index is -0.478. The summed E-state index contributed by atoms with van der Waals surface area (Å²) >= 11 is 0. The Morgan fingerprint density at radius 2 is 1.67 bits per heavy atom. The average molecular weight is 283 g/mol. The van der Waals surface area contributed by atoms with Crippen LogP contribution in [-0.2, 0) is 17.6 Å². The number of ether oxygens (including phenoxy) is 1. The van der Waals surface area contributed by atoms with Crippen LogP contribution in [0.15, 0.2) is 54.6 Å². The minimum Gasteiger partial charge on any atom is -0.470 e.